The minimum absolute atomic E-state index is 0.0234. The number of anilines is 1. The molecule has 108 valence electrons. The van der Waals surface area contributed by atoms with E-state index in [9.17, 15) is 8.42 Å². The zero-order valence-electron chi connectivity index (χ0n) is 11.5. The third-order valence-electron chi connectivity index (χ3n) is 3.06. The van der Waals surface area contributed by atoms with Crippen molar-refractivity contribution in [2.45, 2.75) is 24.3 Å². The standard InChI is InChI=1S/C12H21N3O2S2/c1-10(8-9-18-3)15(2)19(16,17)12-6-4-11(14-13)5-7-12/h4-7,10,14H,8-9,13H2,1-3H3. The molecule has 0 aliphatic rings. The van der Waals surface area contributed by atoms with E-state index < -0.39 is 10.0 Å². The normalized spacial score (nSPS) is 13.5. The molecule has 0 aliphatic heterocycles. The number of nitrogens with zero attached hydrogens (tertiary/aromatic N) is 1. The van der Waals surface area contributed by atoms with Gasteiger partial charge in [-0.2, -0.15) is 16.1 Å². The molecule has 0 bridgehead atoms. The van der Waals surface area contributed by atoms with E-state index in [0.717, 1.165) is 12.2 Å². The molecule has 0 aliphatic carbocycles. The molecule has 0 spiro atoms. The summed E-state index contributed by atoms with van der Waals surface area (Å²) in [5, 5.41) is 0. The molecule has 1 atom stereocenters. The Balaban J connectivity index is 2.89. The van der Waals surface area contributed by atoms with Crippen LogP contribution in [0.4, 0.5) is 5.69 Å². The smallest absolute Gasteiger partial charge is 0.243 e. The van der Waals surface area contributed by atoms with Crippen LogP contribution in [0.25, 0.3) is 0 Å². The summed E-state index contributed by atoms with van der Waals surface area (Å²) in [6.07, 6.45) is 2.85. The zero-order valence-corrected chi connectivity index (χ0v) is 13.1. The van der Waals surface area contributed by atoms with Crippen molar-refractivity contribution >= 4 is 27.5 Å². The van der Waals surface area contributed by atoms with Crippen LogP contribution in [0.1, 0.15) is 13.3 Å². The number of hydrogen-bond acceptors (Lipinski definition) is 5. The number of sulfonamides is 1. The van der Waals surface area contributed by atoms with Crippen molar-refractivity contribution in [3.05, 3.63) is 24.3 Å². The summed E-state index contributed by atoms with van der Waals surface area (Å²) in [4.78, 5) is 0.282. The molecular formula is C12H21N3O2S2. The van der Waals surface area contributed by atoms with Gasteiger partial charge in [-0.15, -0.1) is 0 Å². The number of benzene rings is 1. The highest BCUT2D eigenvalue weighted by Crippen LogP contribution is 2.20. The molecule has 0 radical (unpaired) electrons. The Labute approximate surface area is 119 Å². The lowest BCUT2D eigenvalue weighted by Gasteiger charge is -2.24. The Morgan fingerprint density at radius 1 is 1.37 bits per heavy atom. The molecule has 1 unspecified atom stereocenters. The lowest BCUT2D eigenvalue weighted by Crippen LogP contribution is -2.35. The highest BCUT2D eigenvalue weighted by molar-refractivity contribution is 7.98. The van der Waals surface area contributed by atoms with Crippen LogP contribution < -0.4 is 11.3 Å². The molecule has 0 saturated heterocycles. The maximum Gasteiger partial charge on any atom is 0.243 e. The SMILES string of the molecule is CSCCC(C)N(C)S(=O)(=O)c1ccc(NN)cc1. The quantitative estimate of drug-likeness (QED) is 0.593. The number of rotatable bonds is 7. The average Bonchev–Trinajstić information content (AvgIpc) is 2.43. The van der Waals surface area contributed by atoms with Gasteiger partial charge in [0.25, 0.3) is 0 Å². The summed E-state index contributed by atoms with van der Waals surface area (Å²) in [7, 11) is -1.82. The number of hydrazine groups is 1. The topological polar surface area (TPSA) is 75.4 Å². The Morgan fingerprint density at radius 3 is 2.42 bits per heavy atom. The maximum atomic E-state index is 12.4. The predicted octanol–water partition coefficient (Wildman–Crippen LogP) is 1.73. The second kappa shape index (κ2) is 7.14. The van der Waals surface area contributed by atoms with Gasteiger partial charge in [0.1, 0.15) is 0 Å². The molecule has 5 nitrogen and oxygen atoms in total. The number of nitrogens with one attached hydrogen (secondary N) is 1. The average molecular weight is 303 g/mol. The first-order chi connectivity index (χ1) is 8.93. The van der Waals surface area contributed by atoms with Crippen LogP contribution in [-0.2, 0) is 10.0 Å². The van der Waals surface area contributed by atoms with Crippen molar-refractivity contribution in [2.24, 2.45) is 5.84 Å². The van der Waals surface area contributed by atoms with Gasteiger partial charge in [0.05, 0.1) is 4.90 Å². The number of hydrogen-bond donors (Lipinski definition) is 2. The fraction of sp³-hybridized carbons (Fsp3) is 0.500. The van der Waals surface area contributed by atoms with Gasteiger partial charge in [0, 0.05) is 18.8 Å². The largest absolute Gasteiger partial charge is 0.324 e. The van der Waals surface area contributed by atoms with Crippen molar-refractivity contribution < 1.29 is 8.42 Å². The first kappa shape index (κ1) is 16.3. The van der Waals surface area contributed by atoms with Crippen LogP contribution >= 0.6 is 11.8 Å². The molecule has 1 rings (SSSR count). The summed E-state index contributed by atoms with van der Waals surface area (Å²) in [6, 6.07) is 6.38. The van der Waals surface area contributed by atoms with Gasteiger partial charge < -0.3 is 5.43 Å². The van der Waals surface area contributed by atoms with Crippen molar-refractivity contribution in [1.29, 1.82) is 0 Å². The molecule has 19 heavy (non-hydrogen) atoms. The fourth-order valence-corrected chi connectivity index (χ4v) is 3.57. The van der Waals surface area contributed by atoms with E-state index in [1.54, 1.807) is 43.1 Å². The van der Waals surface area contributed by atoms with Crippen LogP contribution in [0.15, 0.2) is 29.2 Å². The summed E-state index contributed by atoms with van der Waals surface area (Å²) in [5.74, 6) is 6.20. The number of thioether (sulfide) groups is 1. The van der Waals surface area contributed by atoms with E-state index in [1.165, 1.54) is 4.31 Å². The molecule has 7 heteroatoms. The Hall–Kier alpha value is -0.760. The van der Waals surface area contributed by atoms with Gasteiger partial charge in [-0.3, -0.25) is 5.84 Å². The number of nitrogens with two attached hydrogens (primary N) is 1. The first-order valence-electron chi connectivity index (χ1n) is 5.97. The molecule has 1 aromatic rings. The van der Waals surface area contributed by atoms with Gasteiger partial charge >= 0.3 is 0 Å². The van der Waals surface area contributed by atoms with E-state index in [2.05, 4.69) is 5.43 Å². The van der Waals surface area contributed by atoms with Crippen molar-refractivity contribution in [2.75, 3.05) is 24.5 Å². The lowest BCUT2D eigenvalue weighted by atomic mass is 10.3. The van der Waals surface area contributed by atoms with Gasteiger partial charge in [0.2, 0.25) is 10.0 Å². The third-order valence-corrected chi connectivity index (χ3v) is 5.69. The molecule has 0 heterocycles. The molecular weight excluding hydrogens is 282 g/mol. The molecule has 3 N–H and O–H groups in total. The van der Waals surface area contributed by atoms with E-state index in [4.69, 9.17) is 5.84 Å². The number of nitrogen functional groups attached to an aromatic ring is 1. The first-order valence-corrected chi connectivity index (χ1v) is 8.80. The third kappa shape index (κ3) is 4.10. The lowest BCUT2D eigenvalue weighted by molar-refractivity contribution is 0.382. The van der Waals surface area contributed by atoms with Crippen LogP contribution in [-0.4, -0.2) is 37.8 Å². The fourth-order valence-electron chi connectivity index (χ4n) is 1.60. The van der Waals surface area contributed by atoms with E-state index in [0.29, 0.717) is 5.69 Å². The molecule has 0 fully saturated rings. The van der Waals surface area contributed by atoms with E-state index >= 15 is 0 Å². The molecule has 0 amide bonds. The van der Waals surface area contributed by atoms with E-state index in [1.807, 2.05) is 13.2 Å². The van der Waals surface area contributed by atoms with Crippen LogP contribution in [0.2, 0.25) is 0 Å². The summed E-state index contributed by atoms with van der Waals surface area (Å²) < 4.78 is 26.2. The molecule has 0 aromatic heterocycles. The Bertz CT molecular complexity index is 488. The Kier molecular flexibility index (Phi) is 6.12. The molecule has 0 saturated carbocycles. The second-order valence-corrected chi connectivity index (χ2v) is 7.30. The summed E-state index contributed by atoms with van der Waals surface area (Å²) in [5.41, 5.74) is 3.15. The minimum atomic E-state index is -3.44. The van der Waals surface area contributed by atoms with Gasteiger partial charge in [-0.1, -0.05) is 0 Å². The second-order valence-electron chi connectivity index (χ2n) is 4.32. The minimum Gasteiger partial charge on any atom is -0.324 e. The zero-order chi connectivity index (χ0) is 14.5. The van der Waals surface area contributed by atoms with Gasteiger partial charge in [-0.25, -0.2) is 8.42 Å². The molecule has 1 aromatic carbocycles. The maximum absolute atomic E-state index is 12.4. The predicted molar refractivity (Wildman–Crippen MR) is 81.7 cm³/mol. The van der Waals surface area contributed by atoms with Crippen molar-refractivity contribution in [3.63, 3.8) is 0 Å². The Morgan fingerprint density at radius 2 is 1.95 bits per heavy atom. The van der Waals surface area contributed by atoms with Crippen LogP contribution in [0, 0.1) is 0 Å². The summed E-state index contributed by atoms with van der Waals surface area (Å²) >= 11 is 1.72. The van der Waals surface area contributed by atoms with Crippen molar-refractivity contribution in [1.82, 2.24) is 4.31 Å². The van der Waals surface area contributed by atoms with Crippen LogP contribution in [0.5, 0.6) is 0 Å². The highest BCUT2D eigenvalue weighted by atomic mass is 32.2. The highest BCUT2D eigenvalue weighted by Gasteiger charge is 2.24. The van der Waals surface area contributed by atoms with Crippen molar-refractivity contribution in [3.8, 4) is 0 Å². The van der Waals surface area contributed by atoms with Gasteiger partial charge in [0.15, 0.2) is 0 Å². The van der Waals surface area contributed by atoms with Crippen LogP contribution in [0.3, 0.4) is 0 Å². The summed E-state index contributed by atoms with van der Waals surface area (Å²) in [6.45, 7) is 1.92. The monoisotopic (exact) mass is 303 g/mol. The van der Waals surface area contributed by atoms with Gasteiger partial charge in [-0.05, 0) is 49.6 Å². The van der Waals surface area contributed by atoms with E-state index in [-0.39, 0.29) is 10.9 Å².